The molecule has 2 heterocycles. The van der Waals surface area contributed by atoms with E-state index in [1.807, 2.05) is 0 Å². The molecule has 19 heavy (non-hydrogen) atoms. The minimum absolute atomic E-state index is 0.0967. The Kier molecular flexibility index (Phi) is 3.21. The molecular formula is C14H16N2O3. The first-order valence-corrected chi connectivity index (χ1v) is 6.59. The average Bonchev–Trinajstić information content (AvgIpc) is 3.02. The Balaban J connectivity index is 1.71. The van der Waals surface area contributed by atoms with Crippen molar-refractivity contribution in [2.45, 2.75) is 31.8 Å². The molecule has 0 spiro atoms. The van der Waals surface area contributed by atoms with Crippen molar-refractivity contribution in [3.8, 4) is 0 Å². The molecule has 0 saturated carbocycles. The number of Topliss-reactive ketones (excluding diaryl/α,β-unsaturated/α-hetero) is 1. The van der Waals surface area contributed by atoms with Gasteiger partial charge >= 0.3 is 5.69 Å². The predicted molar refractivity (Wildman–Crippen MR) is 71.5 cm³/mol. The SMILES string of the molecule is O=C(CCC1CCCO1)c1ccc2[nH]c(=O)[nH]c2c1. The maximum Gasteiger partial charge on any atom is 0.323 e. The summed E-state index contributed by atoms with van der Waals surface area (Å²) in [5.74, 6) is 0.0967. The first-order valence-electron chi connectivity index (χ1n) is 6.59. The van der Waals surface area contributed by atoms with Crippen LogP contribution in [0, 0.1) is 0 Å². The maximum atomic E-state index is 12.1. The van der Waals surface area contributed by atoms with E-state index >= 15 is 0 Å². The van der Waals surface area contributed by atoms with Crippen molar-refractivity contribution >= 4 is 16.8 Å². The first-order chi connectivity index (χ1) is 9.22. The Morgan fingerprint density at radius 1 is 1.32 bits per heavy atom. The Bertz CT molecular complexity index is 650. The number of H-pyrrole nitrogens is 2. The lowest BCUT2D eigenvalue weighted by Crippen LogP contribution is -2.08. The summed E-state index contributed by atoms with van der Waals surface area (Å²) in [4.78, 5) is 28.6. The zero-order chi connectivity index (χ0) is 13.2. The van der Waals surface area contributed by atoms with Gasteiger partial charge in [0.2, 0.25) is 0 Å². The van der Waals surface area contributed by atoms with Crippen LogP contribution in [0.1, 0.15) is 36.0 Å². The van der Waals surface area contributed by atoms with E-state index in [4.69, 9.17) is 4.74 Å². The molecule has 1 atom stereocenters. The van der Waals surface area contributed by atoms with Gasteiger partial charge in [0.15, 0.2) is 5.78 Å². The summed E-state index contributed by atoms with van der Waals surface area (Å²) in [6.45, 7) is 0.815. The second kappa shape index (κ2) is 5.01. The fraction of sp³-hybridized carbons (Fsp3) is 0.429. The Hall–Kier alpha value is -1.88. The van der Waals surface area contributed by atoms with Crippen LogP contribution in [0.4, 0.5) is 0 Å². The fourth-order valence-corrected chi connectivity index (χ4v) is 2.51. The topological polar surface area (TPSA) is 75.0 Å². The van der Waals surface area contributed by atoms with Crippen molar-refractivity contribution in [2.75, 3.05) is 6.61 Å². The second-order valence-corrected chi connectivity index (χ2v) is 4.94. The van der Waals surface area contributed by atoms with E-state index in [-0.39, 0.29) is 17.6 Å². The molecule has 1 aliphatic heterocycles. The van der Waals surface area contributed by atoms with Crippen LogP contribution >= 0.6 is 0 Å². The predicted octanol–water partition coefficient (Wildman–Crippen LogP) is 2.00. The highest BCUT2D eigenvalue weighted by atomic mass is 16.5. The molecule has 0 bridgehead atoms. The van der Waals surface area contributed by atoms with Crippen molar-refractivity contribution in [3.63, 3.8) is 0 Å². The van der Waals surface area contributed by atoms with Gasteiger partial charge in [-0.25, -0.2) is 4.79 Å². The molecule has 3 rings (SSSR count). The molecule has 1 aromatic carbocycles. The number of ketones is 1. The monoisotopic (exact) mass is 260 g/mol. The molecule has 0 aliphatic carbocycles. The molecule has 100 valence electrons. The summed E-state index contributed by atoms with van der Waals surface area (Å²) in [5, 5.41) is 0. The van der Waals surface area contributed by atoms with Crippen LogP contribution in [0.5, 0.6) is 0 Å². The van der Waals surface area contributed by atoms with Gasteiger partial charge in [-0.15, -0.1) is 0 Å². The van der Waals surface area contributed by atoms with Crippen LogP contribution < -0.4 is 5.69 Å². The average molecular weight is 260 g/mol. The lowest BCUT2D eigenvalue weighted by molar-refractivity contribution is 0.0859. The number of hydrogen-bond donors (Lipinski definition) is 2. The van der Waals surface area contributed by atoms with Crippen LogP contribution in [0.2, 0.25) is 0 Å². The van der Waals surface area contributed by atoms with E-state index in [0.717, 1.165) is 31.4 Å². The van der Waals surface area contributed by atoms with Crippen molar-refractivity contribution in [1.82, 2.24) is 9.97 Å². The van der Waals surface area contributed by atoms with Gasteiger partial charge in [0.1, 0.15) is 0 Å². The maximum absolute atomic E-state index is 12.1. The van der Waals surface area contributed by atoms with Gasteiger partial charge in [-0.05, 0) is 37.5 Å². The molecule has 1 saturated heterocycles. The van der Waals surface area contributed by atoms with E-state index in [1.54, 1.807) is 18.2 Å². The number of benzene rings is 1. The number of nitrogens with one attached hydrogen (secondary N) is 2. The van der Waals surface area contributed by atoms with Gasteiger partial charge < -0.3 is 14.7 Å². The number of carbonyl (C=O) groups excluding carboxylic acids is 1. The van der Waals surface area contributed by atoms with Crippen molar-refractivity contribution in [3.05, 3.63) is 34.2 Å². The standard InChI is InChI=1S/C14H16N2O3/c17-13(6-4-10-2-1-7-19-10)9-3-5-11-12(8-9)16-14(18)15-11/h3,5,8,10H,1-2,4,6-7H2,(H2,15,16,18). The molecule has 0 radical (unpaired) electrons. The van der Waals surface area contributed by atoms with E-state index in [9.17, 15) is 9.59 Å². The summed E-state index contributed by atoms with van der Waals surface area (Å²) in [5.41, 5.74) is 1.79. The van der Waals surface area contributed by atoms with Gasteiger partial charge in [-0.3, -0.25) is 4.79 Å². The molecule has 5 heteroatoms. The Labute approximate surface area is 110 Å². The molecule has 5 nitrogen and oxygen atoms in total. The summed E-state index contributed by atoms with van der Waals surface area (Å²) in [6.07, 6.45) is 3.65. The zero-order valence-electron chi connectivity index (χ0n) is 10.6. The van der Waals surface area contributed by atoms with Crippen molar-refractivity contribution in [2.24, 2.45) is 0 Å². The van der Waals surface area contributed by atoms with E-state index in [0.29, 0.717) is 17.5 Å². The number of carbonyl (C=O) groups is 1. The van der Waals surface area contributed by atoms with Crippen molar-refractivity contribution in [1.29, 1.82) is 0 Å². The number of fused-ring (bicyclic) bond motifs is 1. The van der Waals surface area contributed by atoms with Gasteiger partial charge in [0.25, 0.3) is 0 Å². The van der Waals surface area contributed by atoms with E-state index in [1.165, 1.54) is 0 Å². The molecule has 1 aliphatic rings. The van der Waals surface area contributed by atoms with Gasteiger partial charge in [0, 0.05) is 18.6 Å². The molecule has 1 unspecified atom stereocenters. The smallest absolute Gasteiger partial charge is 0.323 e. The highest BCUT2D eigenvalue weighted by molar-refractivity contribution is 5.98. The molecule has 0 amide bonds. The number of ether oxygens (including phenoxy) is 1. The second-order valence-electron chi connectivity index (χ2n) is 4.94. The normalized spacial score (nSPS) is 19.1. The zero-order valence-corrected chi connectivity index (χ0v) is 10.6. The van der Waals surface area contributed by atoms with Gasteiger partial charge in [0.05, 0.1) is 17.1 Å². The number of aromatic amines is 2. The number of rotatable bonds is 4. The Morgan fingerprint density at radius 3 is 2.95 bits per heavy atom. The molecule has 1 aromatic heterocycles. The van der Waals surface area contributed by atoms with Crippen LogP contribution in [0.3, 0.4) is 0 Å². The summed E-state index contributed by atoms with van der Waals surface area (Å²) < 4.78 is 5.51. The quantitative estimate of drug-likeness (QED) is 0.825. The molecule has 1 fully saturated rings. The summed E-state index contributed by atoms with van der Waals surface area (Å²) in [6, 6.07) is 5.24. The third-order valence-corrected chi connectivity index (χ3v) is 3.56. The highest BCUT2D eigenvalue weighted by Crippen LogP contribution is 2.19. The largest absolute Gasteiger partial charge is 0.378 e. The minimum Gasteiger partial charge on any atom is -0.378 e. The van der Waals surface area contributed by atoms with Crippen LogP contribution in [0.25, 0.3) is 11.0 Å². The first kappa shape index (κ1) is 12.2. The Morgan fingerprint density at radius 2 is 2.16 bits per heavy atom. The number of imidazole rings is 1. The lowest BCUT2D eigenvalue weighted by Gasteiger charge is -2.08. The number of hydrogen-bond acceptors (Lipinski definition) is 3. The van der Waals surface area contributed by atoms with E-state index < -0.39 is 0 Å². The molecule has 2 aromatic rings. The van der Waals surface area contributed by atoms with Crippen LogP contribution in [0.15, 0.2) is 23.0 Å². The van der Waals surface area contributed by atoms with Crippen molar-refractivity contribution < 1.29 is 9.53 Å². The third kappa shape index (κ3) is 2.61. The third-order valence-electron chi connectivity index (χ3n) is 3.56. The van der Waals surface area contributed by atoms with E-state index in [2.05, 4.69) is 9.97 Å². The van der Waals surface area contributed by atoms with Gasteiger partial charge in [-0.2, -0.15) is 0 Å². The molecular weight excluding hydrogens is 244 g/mol. The minimum atomic E-state index is -0.251. The molecule has 2 N–H and O–H groups in total. The highest BCUT2D eigenvalue weighted by Gasteiger charge is 2.17. The fourth-order valence-electron chi connectivity index (χ4n) is 2.51. The van der Waals surface area contributed by atoms with Crippen LogP contribution in [-0.2, 0) is 4.74 Å². The summed E-state index contributed by atoms with van der Waals surface area (Å²) in [7, 11) is 0. The number of aromatic nitrogens is 2. The van der Waals surface area contributed by atoms with Crippen LogP contribution in [-0.4, -0.2) is 28.5 Å². The summed E-state index contributed by atoms with van der Waals surface area (Å²) >= 11 is 0. The lowest BCUT2D eigenvalue weighted by atomic mass is 10.0. The van der Waals surface area contributed by atoms with Gasteiger partial charge in [-0.1, -0.05) is 0 Å².